The third-order valence-electron chi connectivity index (χ3n) is 7.51. The van der Waals surface area contributed by atoms with Crippen molar-refractivity contribution in [3.8, 4) is 5.75 Å². The Balaban J connectivity index is 1.41. The zero-order valence-corrected chi connectivity index (χ0v) is 28.5. The van der Waals surface area contributed by atoms with Crippen molar-refractivity contribution in [2.45, 2.75) is 34.3 Å². The first-order valence-corrected chi connectivity index (χ1v) is 17.3. The van der Waals surface area contributed by atoms with E-state index < -0.39 is 52.0 Å². The lowest BCUT2D eigenvalue weighted by Gasteiger charge is -2.30. The van der Waals surface area contributed by atoms with Crippen LogP contribution in [0.2, 0.25) is 10.0 Å². The fourth-order valence-corrected chi connectivity index (χ4v) is 7.81. The molecule has 0 aromatic heterocycles. The number of halogens is 4. The third-order valence-corrected chi connectivity index (χ3v) is 12.1. The van der Waals surface area contributed by atoms with Crippen molar-refractivity contribution in [2.24, 2.45) is 11.8 Å². The molecule has 0 N–H and O–H groups in total. The van der Waals surface area contributed by atoms with Gasteiger partial charge in [0.15, 0.2) is 5.78 Å². The lowest BCUT2D eigenvalue weighted by Crippen LogP contribution is -2.52. The predicted octanol–water partition coefficient (Wildman–Crippen LogP) is 6.23. The van der Waals surface area contributed by atoms with Crippen LogP contribution in [0.25, 0.3) is 0 Å². The Hall–Kier alpha value is -2.77. The molecule has 3 aromatic rings. The number of nitrogens with zero attached hydrogens (tertiary/aromatic N) is 2. The molecule has 0 spiro atoms. The van der Waals surface area contributed by atoms with Crippen molar-refractivity contribution < 1.29 is 31.8 Å². The molecule has 1 aliphatic carbocycles. The highest BCUT2D eigenvalue weighted by Gasteiger charge is 2.55. The van der Waals surface area contributed by atoms with Crippen molar-refractivity contribution in [3.05, 3.63) is 93.5 Å². The van der Waals surface area contributed by atoms with Gasteiger partial charge in [-0.2, -0.15) is 13.4 Å². The van der Waals surface area contributed by atoms with Gasteiger partial charge in [0.05, 0.1) is 22.4 Å². The monoisotopic (exact) mass is 784 g/mol. The molecule has 3 amide bonds. The van der Waals surface area contributed by atoms with Gasteiger partial charge in [0.1, 0.15) is 17.2 Å². The molecule has 1 aliphatic heterocycles. The van der Waals surface area contributed by atoms with Gasteiger partial charge in [-0.25, -0.2) is 5.01 Å². The van der Waals surface area contributed by atoms with Gasteiger partial charge in [-0.3, -0.25) is 19.2 Å². The van der Waals surface area contributed by atoms with Crippen molar-refractivity contribution in [1.82, 2.24) is 10.0 Å². The van der Waals surface area contributed by atoms with Crippen LogP contribution in [0.1, 0.15) is 39.1 Å². The van der Waals surface area contributed by atoms with E-state index in [9.17, 15) is 27.6 Å². The summed E-state index contributed by atoms with van der Waals surface area (Å²) >= 11 is 19.4. The molecule has 4 atom stereocenters. The number of imide groups is 1. The topological polar surface area (TPSA) is 118 Å². The molecular formula is C30H24Br2Cl2N2O7S. The van der Waals surface area contributed by atoms with Crippen molar-refractivity contribution in [1.29, 1.82) is 0 Å². The van der Waals surface area contributed by atoms with Gasteiger partial charge < -0.3 is 4.18 Å². The van der Waals surface area contributed by atoms with Crippen LogP contribution in [-0.4, -0.2) is 58.1 Å². The number of carbonyl (C=O) groups excluding carboxylic acids is 4. The number of benzene rings is 3. The lowest BCUT2D eigenvalue weighted by atomic mass is 9.81. The van der Waals surface area contributed by atoms with E-state index in [1.165, 1.54) is 54.6 Å². The maximum atomic E-state index is 13.8. The van der Waals surface area contributed by atoms with Crippen molar-refractivity contribution >= 4 is 88.7 Å². The largest absolute Gasteiger partial charge is 0.379 e. The Labute approximate surface area is 280 Å². The fourth-order valence-electron chi connectivity index (χ4n) is 5.15. The minimum absolute atomic E-state index is 0.0196. The molecule has 5 rings (SSSR count). The third kappa shape index (κ3) is 6.60. The molecule has 230 valence electrons. The first kappa shape index (κ1) is 32.6. The highest BCUT2D eigenvalue weighted by atomic mass is 79.9. The molecule has 1 saturated carbocycles. The standard InChI is InChI=1S/C30H24Br2Cl2N2O7S/c1-16-2-9-20(10-3-16)44(41,42)43-19-7-4-17(5-8-19)27(37)15-35(28(38)21-11-6-18(33)12-26(21)34)36-29(39)22-13-24(31)25(32)14-23(22)30(36)40/h2-12,22-25H,13-15H2,1H3/t22-,23+,24-,25-/m0/s1. The molecular weight excluding hydrogens is 763 g/mol. The number of hydrogen-bond donors (Lipinski definition) is 0. The summed E-state index contributed by atoms with van der Waals surface area (Å²) < 4.78 is 30.5. The number of fused-ring (bicyclic) bond motifs is 1. The highest BCUT2D eigenvalue weighted by Crippen LogP contribution is 2.44. The van der Waals surface area contributed by atoms with Crippen LogP contribution in [0.15, 0.2) is 71.6 Å². The smallest absolute Gasteiger partial charge is 0.339 e. The molecule has 9 nitrogen and oxygen atoms in total. The second kappa shape index (κ2) is 12.9. The number of Topliss-reactive ketones (excluding diaryl/α,β-unsaturated/α-hetero) is 1. The maximum Gasteiger partial charge on any atom is 0.339 e. The zero-order valence-electron chi connectivity index (χ0n) is 23.0. The van der Waals surface area contributed by atoms with Crippen LogP contribution in [0.5, 0.6) is 5.75 Å². The van der Waals surface area contributed by atoms with Crippen LogP contribution in [0.4, 0.5) is 0 Å². The minimum Gasteiger partial charge on any atom is -0.379 e. The van der Waals surface area contributed by atoms with Gasteiger partial charge >= 0.3 is 10.1 Å². The lowest BCUT2D eigenvalue weighted by molar-refractivity contribution is -0.154. The van der Waals surface area contributed by atoms with Crippen LogP contribution in [-0.2, 0) is 19.7 Å². The Morgan fingerprint density at radius 3 is 2.02 bits per heavy atom. The van der Waals surface area contributed by atoms with E-state index in [1.807, 2.05) is 6.92 Å². The Morgan fingerprint density at radius 2 is 1.48 bits per heavy atom. The van der Waals surface area contributed by atoms with Crippen molar-refractivity contribution in [2.75, 3.05) is 6.54 Å². The summed E-state index contributed by atoms with van der Waals surface area (Å²) in [4.78, 5) is 54.3. The normalized spacial score (nSPS) is 21.6. The fraction of sp³-hybridized carbons (Fsp3) is 0.267. The molecule has 2 aliphatic rings. The SMILES string of the molecule is Cc1ccc(S(=O)(=O)Oc2ccc(C(=O)CN(C(=O)c3ccc(Cl)cc3Cl)N3C(=O)[C@H]4C[C@H](Br)[C@@H](Br)C[C@H]4C3=O)cc2)cc1. The number of amides is 3. The van der Waals surface area contributed by atoms with Crippen molar-refractivity contribution in [3.63, 3.8) is 0 Å². The van der Waals surface area contributed by atoms with E-state index in [1.54, 1.807) is 12.1 Å². The Kier molecular flexibility index (Phi) is 9.58. The summed E-state index contributed by atoms with van der Waals surface area (Å²) in [5.74, 6) is -4.00. The summed E-state index contributed by atoms with van der Waals surface area (Å²) in [6.45, 7) is 1.15. The molecule has 44 heavy (non-hydrogen) atoms. The van der Waals surface area contributed by atoms with E-state index in [2.05, 4.69) is 31.9 Å². The van der Waals surface area contributed by atoms with Gasteiger partial charge in [-0.05, 0) is 74.4 Å². The average molecular weight is 787 g/mol. The molecule has 0 radical (unpaired) electrons. The maximum absolute atomic E-state index is 13.8. The number of hydrogen-bond acceptors (Lipinski definition) is 7. The molecule has 1 saturated heterocycles. The molecule has 2 fully saturated rings. The van der Waals surface area contributed by atoms with Gasteiger partial charge in [0.25, 0.3) is 17.7 Å². The number of rotatable bonds is 8. The van der Waals surface area contributed by atoms with Crippen LogP contribution >= 0.6 is 55.1 Å². The second-order valence-electron chi connectivity index (χ2n) is 10.5. The van der Waals surface area contributed by atoms with E-state index in [0.29, 0.717) is 12.8 Å². The molecule has 1 heterocycles. The quantitative estimate of drug-likeness (QED) is 0.115. The predicted molar refractivity (Wildman–Crippen MR) is 171 cm³/mol. The van der Waals surface area contributed by atoms with E-state index in [4.69, 9.17) is 27.4 Å². The number of carbonyl (C=O) groups is 4. The van der Waals surface area contributed by atoms with Crippen LogP contribution in [0.3, 0.4) is 0 Å². The number of hydrazine groups is 1. The van der Waals surface area contributed by atoms with Gasteiger partial charge in [-0.15, -0.1) is 0 Å². The first-order valence-electron chi connectivity index (χ1n) is 13.3. The number of ketones is 1. The number of alkyl halides is 2. The Bertz CT molecular complexity index is 1730. The van der Waals surface area contributed by atoms with Crippen LogP contribution in [0, 0.1) is 18.8 Å². The summed E-state index contributed by atoms with van der Waals surface area (Å²) in [5, 5.41) is 1.83. The Morgan fingerprint density at radius 1 is 0.909 bits per heavy atom. The molecule has 0 unspecified atom stereocenters. The highest BCUT2D eigenvalue weighted by molar-refractivity contribution is 9.12. The van der Waals surface area contributed by atoms with Gasteiger partial charge in [0.2, 0.25) is 0 Å². The molecule has 0 bridgehead atoms. The van der Waals surface area contributed by atoms with E-state index in [-0.39, 0.29) is 41.5 Å². The van der Waals surface area contributed by atoms with Gasteiger partial charge in [-0.1, -0.05) is 72.8 Å². The van der Waals surface area contributed by atoms with E-state index in [0.717, 1.165) is 15.6 Å². The zero-order chi connectivity index (χ0) is 31.9. The summed E-state index contributed by atoms with van der Waals surface area (Å²) in [6.07, 6.45) is 0.735. The molecule has 14 heteroatoms. The number of aryl methyl sites for hydroxylation is 1. The first-order chi connectivity index (χ1) is 20.8. The molecule has 3 aromatic carbocycles. The minimum atomic E-state index is -4.12. The van der Waals surface area contributed by atoms with Crippen LogP contribution < -0.4 is 4.18 Å². The average Bonchev–Trinajstić information content (AvgIpc) is 3.20. The summed E-state index contributed by atoms with van der Waals surface area (Å²) in [6, 6.07) is 15.5. The summed E-state index contributed by atoms with van der Waals surface area (Å²) in [7, 11) is -4.12. The van der Waals surface area contributed by atoms with E-state index >= 15 is 0 Å². The second-order valence-corrected chi connectivity index (χ2v) is 15.2. The summed E-state index contributed by atoms with van der Waals surface area (Å²) in [5.41, 5.74) is 0.914. The van der Waals surface area contributed by atoms with Gasteiger partial charge in [0, 0.05) is 20.2 Å².